The van der Waals surface area contributed by atoms with Crippen molar-refractivity contribution in [1.82, 2.24) is 29.9 Å². The summed E-state index contributed by atoms with van der Waals surface area (Å²) < 4.78 is 0. The summed E-state index contributed by atoms with van der Waals surface area (Å²) in [5.41, 5.74) is 18.6. The minimum absolute atomic E-state index is 0.534. The molecule has 0 bridgehead atoms. The van der Waals surface area contributed by atoms with Crippen LogP contribution in [0.3, 0.4) is 0 Å². The van der Waals surface area contributed by atoms with Crippen LogP contribution in [0.4, 0.5) is 34.4 Å². The Morgan fingerprint density at radius 2 is 0.475 bits per heavy atom. The highest BCUT2D eigenvalue weighted by molar-refractivity contribution is 6.07. The molecule has 1 aliphatic rings. The maximum Gasteiger partial charge on any atom is 0.235 e. The van der Waals surface area contributed by atoms with Gasteiger partial charge < -0.3 is 4.90 Å². The molecule has 8 nitrogen and oxygen atoms in total. The smallest absolute Gasteiger partial charge is 0.235 e. The van der Waals surface area contributed by atoms with Gasteiger partial charge in [0.25, 0.3) is 0 Å². The van der Waals surface area contributed by atoms with E-state index in [0.29, 0.717) is 17.6 Å². The lowest BCUT2D eigenvalue weighted by molar-refractivity contribution is 1.06. The first-order valence-electron chi connectivity index (χ1n) is 26.7. The van der Waals surface area contributed by atoms with E-state index in [2.05, 4.69) is 216 Å². The fourth-order valence-corrected chi connectivity index (χ4v) is 10.7. The third kappa shape index (κ3) is 9.02. The lowest BCUT2D eigenvalue weighted by atomic mass is 9.90. The lowest BCUT2D eigenvalue weighted by Gasteiger charge is -2.40. The molecule has 0 N–H and O–H groups in total. The molecular formula is C72H48N8. The Labute approximate surface area is 464 Å². The van der Waals surface area contributed by atoms with Crippen molar-refractivity contribution in [3.05, 3.63) is 291 Å². The zero-order valence-corrected chi connectivity index (χ0v) is 43.3. The van der Waals surface area contributed by atoms with E-state index in [1.807, 2.05) is 84.9 Å². The van der Waals surface area contributed by atoms with Crippen LogP contribution >= 0.6 is 0 Å². The Bertz CT molecular complexity index is 4120. The predicted molar refractivity (Wildman–Crippen MR) is 325 cm³/mol. The largest absolute Gasteiger partial charge is 0.306 e. The molecule has 80 heavy (non-hydrogen) atoms. The van der Waals surface area contributed by atoms with Gasteiger partial charge in [-0.25, -0.2) is 29.9 Å². The zero-order chi connectivity index (χ0) is 53.2. The highest BCUT2D eigenvalue weighted by Gasteiger charge is 2.35. The van der Waals surface area contributed by atoms with Crippen molar-refractivity contribution in [2.75, 3.05) is 9.80 Å². The Kier molecular flexibility index (Phi) is 12.4. The van der Waals surface area contributed by atoms with E-state index < -0.39 is 0 Å². The second-order valence-corrected chi connectivity index (χ2v) is 19.5. The van der Waals surface area contributed by atoms with Crippen LogP contribution in [0, 0.1) is 0 Å². The second-order valence-electron chi connectivity index (χ2n) is 19.5. The summed E-state index contributed by atoms with van der Waals surface area (Å²) >= 11 is 0. The minimum Gasteiger partial charge on any atom is -0.306 e. The molecule has 0 atom stereocenters. The molecule has 8 heteroatoms. The van der Waals surface area contributed by atoms with Crippen molar-refractivity contribution in [3.8, 4) is 101 Å². The summed E-state index contributed by atoms with van der Waals surface area (Å²) in [6, 6.07) is 100. The summed E-state index contributed by atoms with van der Waals surface area (Å²) in [6.07, 6.45) is 0. The van der Waals surface area contributed by atoms with Gasteiger partial charge in [0.1, 0.15) is 0 Å². The van der Waals surface area contributed by atoms with Crippen LogP contribution in [0.25, 0.3) is 101 Å². The summed E-state index contributed by atoms with van der Waals surface area (Å²) in [6.45, 7) is 0. The van der Waals surface area contributed by atoms with Gasteiger partial charge in [-0.1, -0.05) is 237 Å². The Morgan fingerprint density at radius 1 is 0.200 bits per heavy atom. The number of aromatic nitrogens is 6. The van der Waals surface area contributed by atoms with Crippen molar-refractivity contribution in [2.24, 2.45) is 0 Å². The van der Waals surface area contributed by atoms with Crippen molar-refractivity contribution in [2.45, 2.75) is 0 Å². The third-order valence-corrected chi connectivity index (χ3v) is 14.5. The molecule has 3 aromatic heterocycles. The molecule has 0 aliphatic carbocycles. The highest BCUT2D eigenvalue weighted by atomic mass is 15.3. The molecule has 376 valence electrons. The fourth-order valence-electron chi connectivity index (χ4n) is 10.7. The molecule has 10 aromatic carbocycles. The van der Waals surface area contributed by atoms with E-state index in [0.717, 1.165) is 118 Å². The van der Waals surface area contributed by atoms with Crippen molar-refractivity contribution >= 4 is 34.4 Å². The number of para-hydroxylation sites is 4. The summed E-state index contributed by atoms with van der Waals surface area (Å²) in [4.78, 5) is 37.6. The molecule has 14 rings (SSSR count). The molecule has 0 radical (unpaired) electrons. The number of anilines is 6. The van der Waals surface area contributed by atoms with E-state index in [1.165, 1.54) is 0 Å². The number of fused-ring (bicyclic) bond motifs is 2. The normalized spacial score (nSPS) is 11.7. The minimum atomic E-state index is 0.534. The summed E-state index contributed by atoms with van der Waals surface area (Å²) in [5.74, 6) is 1.64. The predicted octanol–water partition coefficient (Wildman–Crippen LogP) is 18.3. The van der Waals surface area contributed by atoms with E-state index in [9.17, 15) is 0 Å². The molecule has 1 aliphatic heterocycles. The monoisotopic (exact) mass is 1020 g/mol. The molecular weight excluding hydrogens is 977 g/mol. The number of benzene rings is 10. The molecule has 0 spiro atoms. The maximum absolute atomic E-state index is 5.65. The topological polar surface area (TPSA) is 83.8 Å². The summed E-state index contributed by atoms with van der Waals surface area (Å²) in [7, 11) is 0. The molecule has 0 saturated carbocycles. The third-order valence-electron chi connectivity index (χ3n) is 14.5. The van der Waals surface area contributed by atoms with Crippen LogP contribution in [0.1, 0.15) is 0 Å². The van der Waals surface area contributed by atoms with Gasteiger partial charge in [0.15, 0.2) is 11.6 Å². The average Bonchev–Trinajstić information content (AvgIpc) is 3.74. The molecule has 0 saturated heterocycles. The van der Waals surface area contributed by atoms with Gasteiger partial charge in [-0.15, -0.1) is 0 Å². The molecule has 13 aromatic rings. The Balaban J connectivity index is 1.07. The quantitative estimate of drug-likeness (QED) is 0.127. The fraction of sp³-hybridized carbons (Fsp3) is 0. The average molecular weight is 1030 g/mol. The SMILES string of the molecule is c1ccc(-c2cc(-c3ccccc3)nc(-c3ccc(N4c5ccccc5N(c5nc(-c6ccccc6)cc(-c6ccccc6)n5)c5ccccc54)c(-c4nc(-c5ccccc5)cc(-c5ccccc5)n4)c3-c3ccccc3)n2)cc1. The van der Waals surface area contributed by atoms with E-state index in [1.54, 1.807) is 0 Å². The van der Waals surface area contributed by atoms with Crippen LogP contribution < -0.4 is 9.80 Å². The van der Waals surface area contributed by atoms with Crippen molar-refractivity contribution in [3.63, 3.8) is 0 Å². The van der Waals surface area contributed by atoms with Crippen LogP contribution in [0.15, 0.2) is 291 Å². The number of hydrogen-bond acceptors (Lipinski definition) is 8. The van der Waals surface area contributed by atoms with Crippen LogP contribution in [0.2, 0.25) is 0 Å². The highest BCUT2D eigenvalue weighted by Crippen LogP contribution is 2.57. The van der Waals surface area contributed by atoms with Gasteiger partial charge in [-0.3, -0.25) is 4.90 Å². The van der Waals surface area contributed by atoms with Gasteiger partial charge >= 0.3 is 0 Å². The standard InChI is InChI=1S/C72H48N8/c1-8-26-49(27-9-1)57-46-58(50-28-10-2-11-29-50)74-70(73-57)56-44-45-67(69(68(56)55-38-20-7-21-39-55)71-75-59(51-30-12-3-13-31-51)47-60(76-71)52-32-14-4-15-33-52)79-63-40-22-24-42-65(63)80(66-43-25-23-41-64(66)79)72-77-61(53-34-16-5-17-35-53)48-62(78-72)54-36-18-6-19-37-54/h1-48H. The molecule has 4 heterocycles. The first kappa shape index (κ1) is 47.5. The molecule has 0 fully saturated rings. The zero-order valence-electron chi connectivity index (χ0n) is 43.3. The maximum atomic E-state index is 5.65. The van der Waals surface area contributed by atoms with Gasteiger partial charge in [-0.2, -0.15) is 0 Å². The van der Waals surface area contributed by atoms with Crippen molar-refractivity contribution < 1.29 is 0 Å². The number of rotatable bonds is 11. The van der Waals surface area contributed by atoms with Gasteiger partial charge in [0, 0.05) is 44.5 Å². The molecule has 0 amide bonds. The summed E-state index contributed by atoms with van der Waals surface area (Å²) in [5, 5.41) is 0. The lowest BCUT2D eigenvalue weighted by Crippen LogP contribution is -2.26. The Hall–Kier alpha value is -11.0. The van der Waals surface area contributed by atoms with E-state index in [4.69, 9.17) is 29.9 Å². The van der Waals surface area contributed by atoms with Gasteiger partial charge in [0.05, 0.1) is 68.2 Å². The number of nitrogens with zero attached hydrogens (tertiary/aromatic N) is 8. The van der Waals surface area contributed by atoms with E-state index >= 15 is 0 Å². The first-order valence-corrected chi connectivity index (χ1v) is 26.7. The Morgan fingerprint density at radius 3 is 0.812 bits per heavy atom. The van der Waals surface area contributed by atoms with E-state index in [-0.39, 0.29) is 0 Å². The van der Waals surface area contributed by atoms with Crippen molar-refractivity contribution in [1.29, 1.82) is 0 Å². The van der Waals surface area contributed by atoms with Crippen LogP contribution in [-0.2, 0) is 0 Å². The number of hydrogen-bond donors (Lipinski definition) is 0. The first-order chi connectivity index (χ1) is 39.7. The second kappa shape index (κ2) is 20.9. The van der Waals surface area contributed by atoms with Crippen LogP contribution in [0.5, 0.6) is 0 Å². The van der Waals surface area contributed by atoms with Gasteiger partial charge in [-0.05, 0) is 60.2 Å². The van der Waals surface area contributed by atoms with Gasteiger partial charge in [0.2, 0.25) is 5.95 Å². The van der Waals surface area contributed by atoms with Crippen LogP contribution in [-0.4, -0.2) is 29.9 Å². The molecule has 0 unspecified atom stereocenters.